The van der Waals surface area contributed by atoms with Gasteiger partial charge in [0.15, 0.2) is 6.10 Å². The van der Waals surface area contributed by atoms with Crippen molar-refractivity contribution in [1.82, 2.24) is 5.32 Å². The Morgan fingerprint density at radius 1 is 1.53 bits per heavy atom. The minimum Gasteiger partial charge on any atom is -0.481 e. The number of hydrogen-bond donors (Lipinski definition) is 2. The lowest BCUT2D eigenvalue weighted by atomic mass is 10.1. The Hall–Kier alpha value is -1.99. The van der Waals surface area contributed by atoms with Crippen LogP contribution in [0, 0.1) is 19.3 Å². The topological polar surface area (TPSA) is 64.3 Å². The van der Waals surface area contributed by atoms with Crippen LogP contribution in [-0.2, 0) is 4.79 Å². The van der Waals surface area contributed by atoms with Gasteiger partial charge in [-0.15, -0.1) is 6.42 Å². The Kier molecular flexibility index (Phi) is 5.40. The lowest BCUT2D eigenvalue weighted by Crippen LogP contribution is -2.36. The normalized spacial score (nSPS) is 13.2. The van der Waals surface area contributed by atoms with Crippen molar-refractivity contribution in [3.63, 3.8) is 0 Å². The molecule has 0 heterocycles. The van der Waals surface area contributed by atoms with Gasteiger partial charge in [0.2, 0.25) is 0 Å². The van der Waals surface area contributed by atoms with Crippen LogP contribution in [0.3, 0.4) is 0 Å². The molecule has 3 N–H and O–H groups in total. The van der Waals surface area contributed by atoms with E-state index in [0.717, 1.165) is 11.1 Å². The Balaban J connectivity index is 2.84. The van der Waals surface area contributed by atoms with Crippen LogP contribution < -0.4 is 15.8 Å². The SMILES string of the molecule is C#CCNC(=O)C(C)Oc1cc(C)ccc1C(C)N. The number of nitrogens with one attached hydrogen (secondary N) is 1. The second-order valence-corrected chi connectivity index (χ2v) is 4.51. The smallest absolute Gasteiger partial charge is 0.261 e. The molecule has 0 aromatic heterocycles. The molecule has 102 valence electrons. The molecule has 0 saturated carbocycles. The Bertz CT molecular complexity index is 489. The zero-order valence-electron chi connectivity index (χ0n) is 11.6. The highest BCUT2D eigenvalue weighted by Crippen LogP contribution is 2.26. The molecule has 0 aliphatic heterocycles. The maximum Gasteiger partial charge on any atom is 0.261 e. The third kappa shape index (κ3) is 4.31. The van der Waals surface area contributed by atoms with Gasteiger partial charge >= 0.3 is 0 Å². The third-order valence-corrected chi connectivity index (χ3v) is 2.70. The number of carbonyl (C=O) groups is 1. The third-order valence-electron chi connectivity index (χ3n) is 2.70. The standard InChI is InChI=1S/C15H20N2O2/c1-5-8-17-15(18)12(4)19-14-9-10(2)6-7-13(14)11(3)16/h1,6-7,9,11-12H,8,16H2,2-4H3,(H,17,18). The molecular weight excluding hydrogens is 240 g/mol. The highest BCUT2D eigenvalue weighted by atomic mass is 16.5. The van der Waals surface area contributed by atoms with E-state index in [1.807, 2.05) is 32.0 Å². The molecule has 19 heavy (non-hydrogen) atoms. The Labute approximate surface area is 114 Å². The lowest BCUT2D eigenvalue weighted by Gasteiger charge is -2.19. The van der Waals surface area contributed by atoms with Crippen molar-refractivity contribution in [3.05, 3.63) is 29.3 Å². The van der Waals surface area contributed by atoms with Crippen LogP contribution in [0.15, 0.2) is 18.2 Å². The molecule has 0 aliphatic rings. The van der Waals surface area contributed by atoms with Gasteiger partial charge in [-0.05, 0) is 32.4 Å². The van der Waals surface area contributed by atoms with Gasteiger partial charge in [0, 0.05) is 11.6 Å². The number of benzene rings is 1. The maximum absolute atomic E-state index is 11.7. The number of amides is 1. The van der Waals surface area contributed by atoms with E-state index in [-0.39, 0.29) is 18.5 Å². The van der Waals surface area contributed by atoms with Crippen LogP contribution >= 0.6 is 0 Å². The molecule has 0 fully saturated rings. The number of rotatable bonds is 5. The summed E-state index contributed by atoms with van der Waals surface area (Å²) < 4.78 is 5.69. The van der Waals surface area contributed by atoms with Crippen LogP contribution in [-0.4, -0.2) is 18.6 Å². The summed E-state index contributed by atoms with van der Waals surface area (Å²) in [5, 5.41) is 2.58. The van der Waals surface area contributed by atoms with E-state index in [9.17, 15) is 4.79 Å². The van der Waals surface area contributed by atoms with Crippen molar-refractivity contribution in [1.29, 1.82) is 0 Å². The van der Waals surface area contributed by atoms with Gasteiger partial charge < -0.3 is 15.8 Å². The fourth-order valence-electron chi connectivity index (χ4n) is 1.65. The summed E-state index contributed by atoms with van der Waals surface area (Å²) in [6.07, 6.45) is 4.47. The zero-order chi connectivity index (χ0) is 14.4. The second-order valence-electron chi connectivity index (χ2n) is 4.51. The molecule has 1 aromatic rings. The van der Waals surface area contributed by atoms with Gasteiger partial charge in [0.1, 0.15) is 5.75 Å². The van der Waals surface area contributed by atoms with E-state index in [0.29, 0.717) is 5.75 Å². The molecule has 0 aliphatic carbocycles. The van der Waals surface area contributed by atoms with Gasteiger partial charge in [-0.3, -0.25) is 4.79 Å². The molecule has 0 spiro atoms. The quantitative estimate of drug-likeness (QED) is 0.789. The first kappa shape index (κ1) is 15.1. The van der Waals surface area contributed by atoms with Crippen molar-refractivity contribution >= 4 is 5.91 Å². The Morgan fingerprint density at radius 3 is 2.79 bits per heavy atom. The summed E-state index contributed by atoms with van der Waals surface area (Å²) in [5.74, 6) is 2.75. The summed E-state index contributed by atoms with van der Waals surface area (Å²) in [7, 11) is 0. The van der Waals surface area contributed by atoms with E-state index in [1.165, 1.54) is 0 Å². The highest BCUT2D eigenvalue weighted by molar-refractivity contribution is 5.81. The molecule has 1 aromatic carbocycles. The van der Waals surface area contributed by atoms with E-state index in [2.05, 4.69) is 11.2 Å². The fraction of sp³-hybridized carbons (Fsp3) is 0.400. The maximum atomic E-state index is 11.7. The van der Waals surface area contributed by atoms with Crippen molar-refractivity contribution < 1.29 is 9.53 Å². The van der Waals surface area contributed by atoms with E-state index < -0.39 is 6.10 Å². The minimum absolute atomic E-state index is 0.156. The minimum atomic E-state index is -0.618. The predicted octanol–water partition coefficient (Wildman–Crippen LogP) is 1.53. The molecule has 0 saturated heterocycles. The predicted molar refractivity (Wildman–Crippen MR) is 75.7 cm³/mol. The monoisotopic (exact) mass is 260 g/mol. The average Bonchev–Trinajstić information content (AvgIpc) is 2.35. The van der Waals surface area contributed by atoms with Crippen LogP contribution in [0.25, 0.3) is 0 Å². The van der Waals surface area contributed by atoms with Crippen LogP contribution in [0.2, 0.25) is 0 Å². The number of aryl methyl sites for hydroxylation is 1. The highest BCUT2D eigenvalue weighted by Gasteiger charge is 2.17. The van der Waals surface area contributed by atoms with Crippen molar-refractivity contribution in [3.8, 4) is 18.1 Å². The first-order valence-electron chi connectivity index (χ1n) is 6.19. The molecular formula is C15H20N2O2. The number of hydrogen-bond acceptors (Lipinski definition) is 3. The lowest BCUT2D eigenvalue weighted by molar-refractivity contribution is -0.127. The van der Waals surface area contributed by atoms with Gasteiger partial charge in [-0.1, -0.05) is 18.1 Å². The van der Waals surface area contributed by atoms with Crippen LogP contribution in [0.1, 0.15) is 31.0 Å². The molecule has 4 nitrogen and oxygen atoms in total. The molecule has 0 bridgehead atoms. The molecule has 0 radical (unpaired) electrons. The summed E-state index contributed by atoms with van der Waals surface area (Å²) in [6.45, 7) is 5.71. The van der Waals surface area contributed by atoms with Gasteiger partial charge in [0.25, 0.3) is 5.91 Å². The van der Waals surface area contributed by atoms with Crippen LogP contribution in [0.4, 0.5) is 0 Å². The first-order chi connectivity index (χ1) is 8.95. The number of nitrogens with two attached hydrogens (primary N) is 1. The fourth-order valence-corrected chi connectivity index (χ4v) is 1.65. The van der Waals surface area contributed by atoms with Gasteiger partial charge in [0.05, 0.1) is 6.54 Å². The Morgan fingerprint density at radius 2 is 2.21 bits per heavy atom. The van der Waals surface area contributed by atoms with E-state index in [4.69, 9.17) is 16.9 Å². The summed E-state index contributed by atoms with van der Waals surface area (Å²) in [4.78, 5) is 11.7. The molecule has 2 atom stereocenters. The number of carbonyl (C=O) groups excluding carboxylic acids is 1. The molecule has 1 rings (SSSR count). The van der Waals surface area contributed by atoms with Gasteiger partial charge in [-0.2, -0.15) is 0 Å². The summed E-state index contributed by atoms with van der Waals surface area (Å²) in [6, 6.07) is 5.61. The van der Waals surface area contributed by atoms with E-state index in [1.54, 1.807) is 6.92 Å². The number of ether oxygens (including phenoxy) is 1. The zero-order valence-corrected chi connectivity index (χ0v) is 11.6. The summed E-state index contributed by atoms with van der Waals surface area (Å²) in [5.41, 5.74) is 7.82. The molecule has 1 amide bonds. The largest absolute Gasteiger partial charge is 0.481 e. The first-order valence-corrected chi connectivity index (χ1v) is 6.19. The summed E-state index contributed by atoms with van der Waals surface area (Å²) >= 11 is 0. The van der Waals surface area contributed by atoms with E-state index >= 15 is 0 Å². The van der Waals surface area contributed by atoms with Crippen molar-refractivity contribution in [2.75, 3.05) is 6.54 Å². The van der Waals surface area contributed by atoms with Crippen molar-refractivity contribution in [2.45, 2.75) is 32.9 Å². The van der Waals surface area contributed by atoms with Crippen molar-refractivity contribution in [2.24, 2.45) is 5.73 Å². The average molecular weight is 260 g/mol. The number of terminal acetylenes is 1. The second kappa shape index (κ2) is 6.81. The molecule has 2 unspecified atom stereocenters. The van der Waals surface area contributed by atoms with Crippen LogP contribution in [0.5, 0.6) is 5.75 Å². The van der Waals surface area contributed by atoms with Gasteiger partial charge in [-0.25, -0.2) is 0 Å². The molecule has 4 heteroatoms.